The first-order chi connectivity index (χ1) is 7.64. The molecule has 5 nitrogen and oxygen atoms in total. The molecule has 0 saturated carbocycles. The second kappa shape index (κ2) is 4.57. The number of piperidine rings is 1. The monoisotopic (exact) mass is 244 g/mol. The molecular formula is C10H16N2O3S. The molecular weight excluding hydrogens is 228 g/mol. The average molecular weight is 244 g/mol. The van der Waals surface area contributed by atoms with Crippen LogP contribution in [0.4, 0.5) is 0 Å². The van der Waals surface area contributed by atoms with Gasteiger partial charge in [-0.05, 0) is 32.0 Å². The zero-order valence-corrected chi connectivity index (χ0v) is 10.0. The minimum absolute atomic E-state index is 0.0317. The van der Waals surface area contributed by atoms with Crippen molar-refractivity contribution in [3.8, 4) is 0 Å². The third-order valence-corrected chi connectivity index (χ3v) is 4.63. The minimum Gasteiger partial charge on any atom is -0.452 e. The molecule has 0 spiro atoms. The molecule has 1 fully saturated rings. The van der Waals surface area contributed by atoms with Crippen LogP contribution in [0.2, 0.25) is 0 Å². The van der Waals surface area contributed by atoms with Crippen molar-refractivity contribution in [2.75, 3.05) is 20.1 Å². The molecule has 90 valence electrons. The highest BCUT2D eigenvalue weighted by molar-refractivity contribution is 7.89. The van der Waals surface area contributed by atoms with Gasteiger partial charge in [0.1, 0.15) is 0 Å². The largest absolute Gasteiger partial charge is 0.452 e. The van der Waals surface area contributed by atoms with Crippen molar-refractivity contribution in [1.29, 1.82) is 0 Å². The van der Waals surface area contributed by atoms with Crippen molar-refractivity contribution in [2.24, 2.45) is 0 Å². The number of nitrogens with one attached hydrogen (secondary N) is 1. The first kappa shape index (κ1) is 11.6. The Morgan fingerprint density at radius 2 is 2.38 bits per heavy atom. The van der Waals surface area contributed by atoms with Gasteiger partial charge in [0, 0.05) is 19.1 Å². The summed E-state index contributed by atoms with van der Waals surface area (Å²) < 4.78 is 30.7. The third kappa shape index (κ3) is 2.14. The molecule has 1 aromatic rings. The zero-order chi connectivity index (χ0) is 11.6. The highest BCUT2D eigenvalue weighted by atomic mass is 32.2. The van der Waals surface area contributed by atoms with E-state index < -0.39 is 10.0 Å². The maximum Gasteiger partial charge on any atom is 0.276 e. The van der Waals surface area contributed by atoms with Gasteiger partial charge in [0.15, 0.2) is 0 Å². The topological polar surface area (TPSA) is 62.6 Å². The SMILES string of the molecule is CNC1CCCN(S(=O)(=O)c2ccco2)C1. The van der Waals surface area contributed by atoms with Crippen LogP contribution >= 0.6 is 0 Å². The lowest BCUT2D eigenvalue weighted by atomic mass is 10.1. The molecule has 1 N–H and O–H groups in total. The molecule has 0 aliphatic carbocycles. The van der Waals surface area contributed by atoms with Crippen LogP contribution in [0.5, 0.6) is 0 Å². The molecule has 0 amide bonds. The standard InChI is InChI=1S/C10H16N2O3S/c1-11-9-4-2-6-12(8-9)16(13,14)10-5-3-7-15-10/h3,5,7,9,11H,2,4,6,8H2,1H3. The smallest absolute Gasteiger partial charge is 0.276 e. The molecule has 0 radical (unpaired) electrons. The second-order valence-electron chi connectivity index (χ2n) is 3.92. The van der Waals surface area contributed by atoms with Gasteiger partial charge in [-0.3, -0.25) is 0 Å². The summed E-state index contributed by atoms with van der Waals surface area (Å²) in [6, 6.07) is 3.31. The predicted octanol–water partition coefficient (Wildman–Crippen LogP) is 0.652. The normalized spacial score (nSPS) is 23.4. The maximum absolute atomic E-state index is 12.1. The van der Waals surface area contributed by atoms with Crippen LogP contribution in [0, 0.1) is 0 Å². The maximum atomic E-state index is 12.1. The first-order valence-corrected chi connectivity index (χ1v) is 6.79. The van der Waals surface area contributed by atoms with Gasteiger partial charge in [0.2, 0.25) is 5.09 Å². The van der Waals surface area contributed by atoms with Crippen LogP contribution in [-0.2, 0) is 10.0 Å². The Hall–Kier alpha value is -0.850. The highest BCUT2D eigenvalue weighted by Crippen LogP contribution is 2.20. The number of furan rings is 1. The van der Waals surface area contributed by atoms with Gasteiger partial charge in [-0.25, -0.2) is 8.42 Å². The fourth-order valence-corrected chi connectivity index (χ4v) is 3.36. The highest BCUT2D eigenvalue weighted by Gasteiger charge is 2.31. The summed E-state index contributed by atoms with van der Waals surface area (Å²) in [7, 11) is -1.58. The van der Waals surface area contributed by atoms with Crippen molar-refractivity contribution in [1.82, 2.24) is 9.62 Å². The van der Waals surface area contributed by atoms with E-state index in [1.807, 2.05) is 7.05 Å². The molecule has 0 aromatic carbocycles. The Kier molecular flexibility index (Phi) is 3.32. The molecule has 16 heavy (non-hydrogen) atoms. The van der Waals surface area contributed by atoms with Crippen molar-refractivity contribution in [2.45, 2.75) is 24.0 Å². The Morgan fingerprint density at radius 1 is 1.56 bits per heavy atom. The van der Waals surface area contributed by atoms with E-state index in [4.69, 9.17) is 4.42 Å². The van der Waals surface area contributed by atoms with Gasteiger partial charge >= 0.3 is 0 Å². The molecule has 1 unspecified atom stereocenters. The minimum atomic E-state index is -3.44. The Morgan fingerprint density at radius 3 is 3.00 bits per heavy atom. The van der Waals surface area contributed by atoms with E-state index in [1.165, 1.54) is 16.6 Å². The van der Waals surface area contributed by atoms with Crippen molar-refractivity contribution in [3.63, 3.8) is 0 Å². The van der Waals surface area contributed by atoms with Crippen LogP contribution in [0.15, 0.2) is 27.9 Å². The van der Waals surface area contributed by atoms with Crippen LogP contribution in [0.25, 0.3) is 0 Å². The number of likely N-dealkylation sites (N-methyl/N-ethyl adjacent to an activating group) is 1. The summed E-state index contributed by atoms with van der Waals surface area (Å²) in [4.78, 5) is 0. The van der Waals surface area contributed by atoms with Gasteiger partial charge in [-0.2, -0.15) is 4.31 Å². The molecule has 0 bridgehead atoms. The quantitative estimate of drug-likeness (QED) is 0.848. The fourth-order valence-electron chi connectivity index (χ4n) is 1.93. The number of sulfonamides is 1. The van der Waals surface area contributed by atoms with E-state index >= 15 is 0 Å². The number of nitrogens with zero attached hydrogens (tertiary/aromatic N) is 1. The molecule has 6 heteroatoms. The first-order valence-electron chi connectivity index (χ1n) is 5.35. The van der Waals surface area contributed by atoms with Crippen molar-refractivity contribution < 1.29 is 12.8 Å². The molecule has 2 heterocycles. The predicted molar refractivity (Wildman–Crippen MR) is 59.5 cm³/mol. The molecule has 1 aromatic heterocycles. The molecule has 1 aliphatic rings. The van der Waals surface area contributed by atoms with Crippen LogP contribution in [-0.4, -0.2) is 38.9 Å². The van der Waals surface area contributed by atoms with E-state index in [9.17, 15) is 8.42 Å². The lowest BCUT2D eigenvalue weighted by Gasteiger charge is -2.30. The van der Waals surface area contributed by atoms with Gasteiger partial charge in [0.05, 0.1) is 6.26 Å². The van der Waals surface area contributed by atoms with Crippen molar-refractivity contribution >= 4 is 10.0 Å². The lowest BCUT2D eigenvalue weighted by Crippen LogP contribution is -2.46. The van der Waals surface area contributed by atoms with Crippen LogP contribution < -0.4 is 5.32 Å². The van der Waals surface area contributed by atoms with E-state index in [1.54, 1.807) is 6.07 Å². The summed E-state index contributed by atoms with van der Waals surface area (Å²) in [6.45, 7) is 1.08. The molecule has 1 saturated heterocycles. The van der Waals surface area contributed by atoms with E-state index in [-0.39, 0.29) is 11.1 Å². The van der Waals surface area contributed by atoms with Crippen molar-refractivity contribution in [3.05, 3.63) is 18.4 Å². The third-order valence-electron chi connectivity index (χ3n) is 2.88. The Balaban J connectivity index is 2.18. The van der Waals surface area contributed by atoms with Gasteiger partial charge < -0.3 is 9.73 Å². The lowest BCUT2D eigenvalue weighted by molar-refractivity contribution is 0.285. The summed E-state index contributed by atoms with van der Waals surface area (Å²) in [6.07, 6.45) is 3.28. The summed E-state index contributed by atoms with van der Waals surface area (Å²) in [5, 5.41) is 3.15. The summed E-state index contributed by atoms with van der Waals surface area (Å²) >= 11 is 0. The molecule has 1 atom stereocenters. The van der Waals surface area contributed by atoms with Gasteiger partial charge in [-0.15, -0.1) is 0 Å². The fraction of sp³-hybridized carbons (Fsp3) is 0.600. The van der Waals surface area contributed by atoms with Crippen LogP contribution in [0.1, 0.15) is 12.8 Å². The van der Waals surface area contributed by atoms with Gasteiger partial charge in [-0.1, -0.05) is 0 Å². The second-order valence-corrected chi connectivity index (χ2v) is 5.79. The number of hydrogen-bond donors (Lipinski definition) is 1. The zero-order valence-electron chi connectivity index (χ0n) is 9.22. The van der Waals surface area contributed by atoms with Crippen LogP contribution in [0.3, 0.4) is 0 Å². The molecule has 1 aliphatic heterocycles. The summed E-state index contributed by atoms with van der Waals surface area (Å²) in [5.74, 6) is 0. The average Bonchev–Trinajstić information content (AvgIpc) is 2.83. The van der Waals surface area contributed by atoms with E-state index in [2.05, 4.69) is 5.32 Å². The van der Waals surface area contributed by atoms with E-state index in [0.717, 1.165) is 12.8 Å². The van der Waals surface area contributed by atoms with Gasteiger partial charge in [0.25, 0.3) is 10.0 Å². The summed E-state index contributed by atoms with van der Waals surface area (Å²) in [5.41, 5.74) is 0. The number of hydrogen-bond acceptors (Lipinski definition) is 4. The molecule has 2 rings (SSSR count). The number of rotatable bonds is 3. The Labute approximate surface area is 95.5 Å². The Bertz CT molecular complexity index is 427. The van der Waals surface area contributed by atoms with E-state index in [0.29, 0.717) is 13.1 Å².